The molecule has 2 N–H and O–H groups in total. The number of nitrogens with two attached hydrogens (primary N) is 1. The summed E-state index contributed by atoms with van der Waals surface area (Å²) in [7, 11) is 1.98. The highest BCUT2D eigenvalue weighted by Crippen LogP contribution is 2.35. The van der Waals surface area contributed by atoms with Crippen LogP contribution in [0.4, 0.5) is 16.4 Å². The van der Waals surface area contributed by atoms with Gasteiger partial charge in [0.2, 0.25) is 0 Å². The van der Waals surface area contributed by atoms with Crippen LogP contribution in [0, 0.1) is 0 Å². The fourth-order valence-corrected chi connectivity index (χ4v) is 2.40. The number of nitrogens with zero attached hydrogens (tertiary/aromatic N) is 1. The summed E-state index contributed by atoms with van der Waals surface area (Å²) in [5, 5.41) is 1.08. The van der Waals surface area contributed by atoms with Crippen molar-refractivity contribution in [1.29, 1.82) is 0 Å². The third-order valence-corrected chi connectivity index (χ3v) is 3.50. The van der Waals surface area contributed by atoms with Crippen LogP contribution in [0.3, 0.4) is 0 Å². The van der Waals surface area contributed by atoms with E-state index in [-0.39, 0.29) is 0 Å². The maximum Gasteiger partial charge on any atom is 0.0966 e. The number of hydrogen-bond acceptors (Lipinski definition) is 3. The van der Waals surface area contributed by atoms with Crippen molar-refractivity contribution in [3.8, 4) is 0 Å². The Kier molecular flexibility index (Phi) is 2.84. The van der Waals surface area contributed by atoms with Crippen LogP contribution in [0.15, 0.2) is 36.4 Å². The molecule has 1 aromatic heterocycles. The molecule has 0 bridgehead atoms. The van der Waals surface area contributed by atoms with Crippen LogP contribution in [0.1, 0.15) is 0 Å². The van der Waals surface area contributed by atoms with Crippen molar-refractivity contribution in [2.24, 2.45) is 0 Å². The minimum Gasteiger partial charge on any atom is -0.397 e. The zero-order chi connectivity index (χ0) is 10.8. The average molecular weight is 239 g/mol. The van der Waals surface area contributed by atoms with Crippen LogP contribution in [0.5, 0.6) is 0 Å². The predicted molar refractivity (Wildman–Crippen MR) is 68.2 cm³/mol. The van der Waals surface area contributed by atoms with E-state index in [0.717, 1.165) is 20.7 Å². The molecule has 0 radical (unpaired) electrons. The zero-order valence-corrected chi connectivity index (χ0v) is 9.85. The molecule has 0 unspecified atom stereocenters. The van der Waals surface area contributed by atoms with Crippen LogP contribution >= 0.6 is 22.9 Å². The van der Waals surface area contributed by atoms with Gasteiger partial charge in [-0.25, -0.2) is 0 Å². The standard InChI is InChI=1S/C11H11ClN2S/c1-14(11-7-6-10(12)15-11)9-5-3-2-4-8(9)13/h2-7H,13H2,1H3. The van der Waals surface area contributed by atoms with Crippen LogP contribution in [-0.4, -0.2) is 7.05 Å². The summed E-state index contributed by atoms with van der Waals surface area (Å²) >= 11 is 7.43. The molecule has 2 rings (SSSR count). The number of para-hydroxylation sites is 2. The van der Waals surface area contributed by atoms with Gasteiger partial charge in [0.15, 0.2) is 0 Å². The third kappa shape index (κ3) is 2.08. The first-order valence-electron chi connectivity index (χ1n) is 4.52. The maximum absolute atomic E-state index is 5.90. The van der Waals surface area contributed by atoms with Crippen molar-refractivity contribution in [1.82, 2.24) is 0 Å². The van der Waals surface area contributed by atoms with Crippen molar-refractivity contribution < 1.29 is 0 Å². The molecule has 0 saturated carbocycles. The first kappa shape index (κ1) is 10.3. The molecule has 4 heteroatoms. The summed E-state index contributed by atoms with van der Waals surface area (Å²) < 4.78 is 0.784. The van der Waals surface area contributed by atoms with Crippen LogP contribution < -0.4 is 10.6 Å². The Morgan fingerprint density at radius 2 is 1.93 bits per heavy atom. The smallest absolute Gasteiger partial charge is 0.0966 e. The molecule has 0 atom stereocenters. The SMILES string of the molecule is CN(c1ccc(Cl)s1)c1ccccc1N. The van der Waals surface area contributed by atoms with Gasteiger partial charge in [0.25, 0.3) is 0 Å². The average Bonchev–Trinajstić information content (AvgIpc) is 2.65. The molecular formula is C11H11ClN2S. The largest absolute Gasteiger partial charge is 0.397 e. The molecule has 0 aliphatic carbocycles. The van der Waals surface area contributed by atoms with Gasteiger partial charge in [0.05, 0.1) is 20.7 Å². The molecule has 15 heavy (non-hydrogen) atoms. The molecule has 2 nitrogen and oxygen atoms in total. The Hall–Kier alpha value is -1.19. The van der Waals surface area contributed by atoms with Crippen molar-refractivity contribution in [3.63, 3.8) is 0 Å². The quantitative estimate of drug-likeness (QED) is 0.808. The van der Waals surface area contributed by atoms with E-state index >= 15 is 0 Å². The van der Waals surface area contributed by atoms with Gasteiger partial charge in [-0.3, -0.25) is 0 Å². The van der Waals surface area contributed by atoms with Crippen molar-refractivity contribution in [3.05, 3.63) is 40.7 Å². The van der Waals surface area contributed by atoms with Crippen molar-refractivity contribution >= 4 is 39.3 Å². The summed E-state index contributed by atoms with van der Waals surface area (Å²) in [5.41, 5.74) is 7.66. The summed E-state index contributed by atoms with van der Waals surface area (Å²) in [6.07, 6.45) is 0. The molecular weight excluding hydrogens is 228 g/mol. The van der Waals surface area contributed by atoms with E-state index < -0.39 is 0 Å². The molecule has 0 amide bonds. The Labute approximate surface area is 97.9 Å². The molecule has 78 valence electrons. The van der Waals surface area contributed by atoms with Gasteiger partial charge < -0.3 is 10.6 Å². The summed E-state index contributed by atoms with van der Waals surface area (Å²) in [5.74, 6) is 0. The molecule has 1 aromatic carbocycles. The lowest BCUT2D eigenvalue weighted by Gasteiger charge is -2.18. The van der Waals surface area contributed by atoms with Gasteiger partial charge in [0.1, 0.15) is 0 Å². The topological polar surface area (TPSA) is 29.3 Å². The van der Waals surface area contributed by atoms with Crippen LogP contribution in [-0.2, 0) is 0 Å². The molecule has 2 aromatic rings. The molecule has 0 spiro atoms. The molecule has 1 heterocycles. The minimum absolute atomic E-state index is 0.768. The first-order valence-corrected chi connectivity index (χ1v) is 5.71. The Balaban J connectivity index is 2.36. The Morgan fingerprint density at radius 1 is 1.20 bits per heavy atom. The maximum atomic E-state index is 5.90. The molecule has 0 aliphatic heterocycles. The van der Waals surface area contributed by atoms with E-state index in [2.05, 4.69) is 0 Å². The van der Waals surface area contributed by atoms with E-state index in [1.54, 1.807) is 0 Å². The molecule has 0 saturated heterocycles. The van der Waals surface area contributed by atoms with Gasteiger partial charge >= 0.3 is 0 Å². The van der Waals surface area contributed by atoms with E-state index in [4.69, 9.17) is 17.3 Å². The monoisotopic (exact) mass is 238 g/mol. The minimum atomic E-state index is 0.768. The lowest BCUT2D eigenvalue weighted by molar-refractivity contribution is 1.24. The number of halogens is 1. The van der Waals surface area contributed by atoms with E-state index in [0.29, 0.717) is 0 Å². The lowest BCUT2D eigenvalue weighted by Crippen LogP contribution is -2.09. The summed E-state index contributed by atoms with van der Waals surface area (Å²) in [6.45, 7) is 0. The van der Waals surface area contributed by atoms with Gasteiger partial charge in [-0.2, -0.15) is 0 Å². The second-order valence-corrected chi connectivity index (χ2v) is 4.89. The normalized spacial score (nSPS) is 10.3. The van der Waals surface area contributed by atoms with Crippen LogP contribution in [0.2, 0.25) is 4.34 Å². The Bertz CT molecular complexity index is 467. The molecule has 0 fully saturated rings. The molecule has 0 aliphatic rings. The fraction of sp³-hybridized carbons (Fsp3) is 0.0909. The highest BCUT2D eigenvalue weighted by Gasteiger charge is 2.08. The van der Waals surface area contributed by atoms with Crippen molar-refractivity contribution in [2.75, 3.05) is 17.7 Å². The number of anilines is 3. The number of rotatable bonds is 2. The van der Waals surface area contributed by atoms with Gasteiger partial charge in [0, 0.05) is 7.05 Å². The van der Waals surface area contributed by atoms with Gasteiger partial charge in [-0.1, -0.05) is 23.7 Å². The fourth-order valence-electron chi connectivity index (χ4n) is 1.40. The lowest BCUT2D eigenvalue weighted by atomic mass is 10.2. The van der Waals surface area contributed by atoms with Gasteiger partial charge in [-0.15, -0.1) is 11.3 Å². The van der Waals surface area contributed by atoms with E-state index in [1.165, 1.54) is 11.3 Å². The number of thiophene rings is 1. The summed E-state index contributed by atoms with van der Waals surface area (Å²) in [4.78, 5) is 2.03. The Morgan fingerprint density at radius 3 is 2.53 bits per heavy atom. The van der Waals surface area contributed by atoms with Gasteiger partial charge in [-0.05, 0) is 24.3 Å². The van der Waals surface area contributed by atoms with Crippen molar-refractivity contribution in [2.45, 2.75) is 0 Å². The number of benzene rings is 1. The zero-order valence-electron chi connectivity index (χ0n) is 8.27. The second-order valence-electron chi connectivity index (χ2n) is 3.20. The predicted octanol–water partition coefficient (Wildman–Crippen LogP) is 3.75. The summed E-state index contributed by atoms with van der Waals surface area (Å²) in [6, 6.07) is 11.6. The van der Waals surface area contributed by atoms with Crippen LogP contribution in [0.25, 0.3) is 0 Å². The van der Waals surface area contributed by atoms with E-state index in [1.807, 2.05) is 48.3 Å². The number of hydrogen-bond donors (Lipinski definition) is 1. The highest BCUT2D eigenvalue weighted by molar-refractivity contribution is 7.20. The first-order chi connectivity index (χ1) is 7.18. The number of nitrogen functional groups attached to an aromatic ring is 1. The second kappa shape index (κ2) is 4.13. The highest BCUT2D eigenvalue weighted by atomic mass is 35.5. The van der Waals surface area contributed by atoms with E-state index in [9.17, 15) is 0 Å². The third-order valence-electron chi connectivity index (χ3n) is 2.19.